The van der Waals surface area contributed by atoms with Crippen LogP contribution < -0.4 is 0 Å². The zero-order valence-electron chi connectivity index (χ0n) is 8.02. The van der Waals surface area contributed by atoms with Crippen molar-refractivity contribution in [3.8, 4) is 0 Å². The Morgan fingerprint density at radius 1 is 1.36 bits per heavy atom. The lowest BCUT2D eigenvalue weighted by molar-refractivity contribution is 0.0696. The Balaban J connectivity index is 3.20. The van der Waals surface area contributed by atoms with Crippen LogP contribution in [0, 0.1) is 0 Å². The molecule has 0 bridgehead atoms. The second-order valence-electron chi connectivity index (χ2n) is 2.71. The third-order valence-corrected chi connectivity index (χ3v) is 1.78. The molecule has 0 aromatic heterocycles. The Bertz CT molecular complexity index is 371. The monoisotopic (exact) mass is 193 g/mol. The van der Waals surface area contributed by atoms with Gasteiger partial charge in [0, 0.05) is 5.56 Å². The van der Waals surface area contributed by atoms with Crippen molar-refractivity contribution < 1.29 is 14.7 Å². The van der Waals surface area contributed by atoms with Crippen LogP contribution in [-0.2, 0) is 4.84 Å². The van der Waals surface area contributed by atoms with Crippen LogP contribution in [0.1, 0.15) is 22.8 Å². The van der Waals surface area contributed by atoms with E-state index in [4.69, 9.17) is 5.11 Å². The minimum absolute atomic E-state index is 0.228. The summed E-state index contributed by atoms with van der Waals surface area (Å²) in [6.07, 6.45) is 0. The summed E-state index contributed by atoms with van der Waals surface area (Å²) < 4.78 is 0. The van der Waals surface area contributed by atoms with Crippen molar-refractivity contribution in [2.24, 2.45) is 5.16 Å². The summed E-state index contributed by atoms with van der Waals surface area (Å²) in [5, 5.41) is 12.6. The molecule has 1 N–H and O–H groups in total. The normalized spacial score (nSPS) is 11.1. The number of hydrogen-bond donors (Lipinski definition) is 1. The Labute approximate surface area is 81.8 Å². The maximum Gasteiger partial charge on any atom is 0.336 e. The number of oxime groups is 1. The van der Waals surface area contributed by atoms with E-state index in [-0.39, 0.29) is 5.56 Å². The Kier molecular flexibility index (Phi) is 3.23. The predicted molar refractivity (Wildman–Crippen MR) is 52.6 cm³/mol. The summed E-state index contributed by atoms with van der Waals surface area (Å²) in [6, 6.07) is 6.66. The highest BCUT2D eigenvalue weighted by Crippen LogP contribution is 2.10. The summed E-state index contributed by atoms with van der Waals surface area (Å²) >= 11 is 0. The third kappa shape index (κ3) is 2.10. The van der Waals surface area contributed by atoms with Gasteiger partial charge in [0.15, 0.2) is 0 Å². The predicted octanol–water partition coefficient (Wildman–Crippen LogP) is 1.76. The standard InChI is InChI=1S/C10H11NO3/c1-7(11-14-2)8-5-3-4-6-9(8)10(12)13/h3-6H,1-2H3,(H,12,13)/b11-7+. The lowest BCUT2D eigenvalue weighted by Crippen LogP contribution is -2.06. The molecule has 0 aliphatic heterocycles. The second kappa shape index (κ2) is 4.41. The molecule has 4 heteroatoms. The minimum Gasteiger partial charge on any atom is -0.478 e. The molecule has 0 atom stereocenters. The highest BCUT2D eigenvalue weighted by atomic mass is 16.6. The van der Waals surface area contributed by atoms with Crippen LogP contribution in [0.5, 0.6) is 0 Å². The maximum absolute atomic E-state index is 10.8. The largest absolute Gasteiger partial charge is 0.478 e. The molecule has 0 unspecified atom stereocenters. The molecule has 14 heavy (non-hydrogen) atoms. The van der Waals surface area contributed by atoms with Crippen LogP contribution in [0.2, 0.25) is 0 Å². The molecule has 0 aliphatic carbocycles. The van der Waals surface area contributed by atoms with Crippen molar-refractivity contribution >= 4 is 11.7 Å². The average molecular weight is 193 g/mol. The van der Waals surface area contributed by atoms with Gasteiger partial charge < -0.3 is 9.94 Å². The van der Waals surface area contributed by atoms with Gasteiger partial charge in [-0.3, -0.25) is 0 Å². The van der Waals surface area contributed by atoms with Crippen molar-refractivity contribution in [1.29, 1.82) is 0 Å². The van der Waals surface area contributed by atoms with Gasteiger partial charge in [-0.25, -0.2) is 4.79 Å². The first kappa shape index (κ1) is 10.2. The molecule has 0 spiro atoms. The zero-order valence-corrected chi connectivity index (χ0v) is 8.02. The topological polar surface area (TPSA) is 58.9 Å². The summed E-state index contributed by atoms with van der Waals surface area (Å²) in [4.78, 5) is 15.4. The van der Waals surface area contributed by atoms with Crippen LogP contribution in [-0.4, -0.2) is 23.9 Å². The number of aromatic carboxylic acids is 1. The molecule has 1 rings (SSSR count). The zero-order chi connectivity index (χ0) is 10.6. The van der Waals surface area contributed by atoms with Crippen molar-refractivity contribution in [3.63, 3.8) is 0 Å². The molecule has 1 aromatic rings. The van der Waals surface area contributed by atoms with Gasteiger partial charge in [0.05, 0.1) is 11.3 Å². The lowest BCUT2D eigenvalue weighted by Gasteiger charge is -2.03. The van der Waals surface area contributed by atoms with E-state index >= 15 is 0 Å². The lowest BCUT2D eigenvalue weighted by atomic mass is 10.0. The van der Waals surface area contributed by atoms with Crippen LogP contribution in [0.25, 0.3) is 0 Å². The Morgan fingerprint density at radius 2 is 1.93 bits per heavy atom. The van der Waals surface area contributed by atoms with Gasteiger partial charge >= 0.3 is 5.97 Å². The average Bonchev–Trinajstić information content (AvgIpc) is 2.18. The van der Waals surface area contributed by atoms with Crippen molar-refractivity contribution in [2.75, 3.05) is 7.11 Å². The van der Waals surface area contributed by atoms with E-state index in [0.717, 1.165) is 0 Å². The Morgan fingerprint density at radius 3 is 2.43 bits per heavy atom. The van der Waals surface area contributed by atoms with Crippen LogP contribution in [0.4, 0.5) is 0 Å². The molecule has 1 aromatic carbocycles. The molecule has 0 heterocycles. The molecule has 74 valence electrons. The summed E-state index contributed by atoms with van der Waals surface area (Å²) in [6.45, 7) is 1.70. The third-order valence-electron chi connectivity index (χ3n) is 1.78. The molecule has 0 radical (unpaired) electrons. The van der Waals surface area contributed by atoms with E-state index in [2.05, 4.69) is 9.99 Å². The molecular formula is C10H11NO3. The fourth-order valence-corrected chi connectivity index (χ4v) is 1.17. The van der Waals surface area contributed by atoms with E-state index < -0.39 is 5.97 Å². The van der Waals surface area contributed by atoms with E-state index in [9.17, 15) is 4.79 Å². The van der Waals surface area contributed by atoms with Crippen LogP contribution in [0.15, 0.2) is 29.4 Å². The quantitative estimate of drug-likeness (QED) is 0.587. The number of nitrogens with zero attached hydrogens (tertiary/aromatic N) is 1. The van der Waals surface area contributed by atoms with Gasteiger partial charge in [-0.05, 0) is 13.0 Å². The number of carboxylic acid groups (broad SMARTS) is 1. The SMILES string of the molecule is CO/N=C(\C)c1ccccc1C(=O)O. The van der Waals surface area contributed by atoms with Crippen molar-refractivity contribution in [2.45, 2.75) is 6.92 Å². The summed E-state index contributed by atoms with van der Waals surface area (Å²) in [5.74, 6) is -0.966. The van der Waals surface area contributed by atoms with E-state index in [1.807, 2.05) is 0 Å². The minimum atomic E-state index is -0.966. The van der Waals surface area contributed by atoms with Crippen LogP contribution >= 0.6 is 0 Å². The second-order valence-corrected chi connectivity index (χ2v) is 2.71. The molecular weight excluding hydrogens is 182 g/mol. The number of carbonyl (C=O) groups is 1. The first-order valence-corrected chi connectivity index (χ1v) is 4.07. The van der Waals surface area contributed by atoms with Crippen LogP contribution in [0.3, 0.4) is 0 Å². The first-order valence-electron chi connectivity index (χ1n) is 4.07. The van der Waals surface area contributed by atoms with E-state index in [1.165, 1.54) is 13.2 Å². The van der Waals surface area contributed by atoms with Gasteiger partial charge in [0.1, 0.15) is 7.11 Å². The van der Waals surface area contributed by atoms with E-state index in [1.54, 1.807) is 25.1 Å². The highest BCUT2D eigenvalue weighted by molar-refractivity contribution is 6.07. The van der Waals surface area contributed by atoms with Crippen molar-refractivity contribution in [3.05, 3.63) is 35.4 Å². The molecule has 0 fully saturated rings. The molecule has 0 saturated heterocycles. The molecule has 4 nitrogen and oxygen atoms in total. The van der Waals surface area contributed by atoms with Crippen molar-refractivity contribution in [1.82, 2.24) is 0 Å². The summed E-state index contributed by atoms with van der Waals surface area (Å²) in [5.41, 5.74) is 1.35. The van der Waals surface area contributed by atoms with Gasteiger partial charge in [-0.1, -0.05) is 23.4 Å². The molecule has 0 aliphatic rings. The number of benzene rings is 1. The Hall–Kier alpha value is -1.84. The highest BCUT2D eigenvalue weighted by Gasteiger charge is 2.10. The number of hydrogen-bond acceptors (Lipinski definition) is 3. The number of carboxylic acids is 1. The van der Waals surface area contributed by atoms with Gasteiger partial charge in [-0.15, -0.1) is 0 Å². The number of rotatable bonds is 3. The smallest absolute Gasteiger partial charge is 0.336 e. The fraction of sp³-hybridized carbons (Fsp3) is 0.200. The van der Waals surface area contributed by atoms with Gasteiger partial charge in [0.2, 0.25) is 0 Å². The van der Waals surface area contributed by atoms with E-state index in [0.29, 0.717) is 11.3 Å². The fourth-order valence-electron chi connectivity index (χ4n) is 1.17. The summed E-state index contributed by atoms with van der Waals surface area (Å²) in [7, 11) is 1.42. The molecule has 0 amide bonds. The van der Waals surface area contributed by atoms with Gasteiger partial charge in [-0.2, -0.15) is 0 Å². The first-order chi connectivity index (χ1) is 6.66. The molecule has 0 saturated carbocycles. The van der Waals surface area contributed by atoms with Gasteiger partial charge in [0.25, 0.3) is 0 Å². The maximum atomic E-state index is 10.8.